The molecule has 0 radical (unpaired) electrons. The number of methoxy groups -OCH3 is 1. The van der Waals surface area contributed by atoms with Crippen molar-refractivity contribution >= 4 is 11.6 Å². The average molecular weight is 441 g/mol. The number of hydrogen-bond donors (Lipinski definition) is 1. The Morgan fingerprint density at radius 2 is 1.68 bits per heavy atom. The first-order valence-corrected chi connectivity index (χ1v) is 12.7. The summed E-state index contributed by atoms with van der Waals surface area (Å²) >= 11 is 5.99. The van der Waals surface area contributed by atoms with E-state index >= 15 is 0 Å². The van der Waals surface area contributed by atoms with Crippen LogP contribution in [-0.4, -0.2) is 23.9 Å². The van der Waals surface area contributed by atoms with Crippen molar-refractivity contribution in [2.24, 2.45) is 34.5 Å². The predicted molar refractivity (Wildman–Crippen MR) is 126 cm³/mol. The summed E-state index contributed by atoms with van der Waals surface area (Å²) in [6.07, 6.45) is 11.0. The Morgan fingerprint density at radius 3 is 2.42 bits per heavy atom. The van der Waals surface area contributed by atoms with E-state index in [0.717, 1.165) is 47.6 Å². The molecule has 1 N–H and O–H groups in total. The second kappa shape index (κ2) is 7.79. The lowest BCUT2D eigenvalue weighted by Gasteiger charge is -2.61. The summed E-state index contributed by atoms with van der Waals surface area (Å²) in [6, 6.07) is 7.60. The lowest BCUT2D eigenvalue weighted by Crippen LogP contribution is -2.56. The molecule has 1 aromatic rings. The molecule has 0 aromatic heterocycles. The van der Waals surface area contributed by atoms with Crippen molar-refractivity contribution in [2.45, 2.75) is 83.3 Å². The Hall–Kier alpha value is -1.01. The highest BCUT2D eigenvalue weighted by atomic mass is 35.5. The molecule has 1 aromatic carbocycles. The van der Waals surface area contributed by atoms with E-state index in [-0.39, 0.29) is 0 Å². The van der Waals surface area contributed by atoms with Crippen LogP contribution in [-0.2, 0) is 4.74 Å². The average Bonchev–Trinajstić information content (AvgIpc) is 3.10. The van der Waals surface area contributed by atoms with Gasteiger partial charge in [0.25, 0.3) is 0 Å². The Balaban J connectivity index is 1.34. The maximum atomic E-state index is 11.4. The van der Waals surface area contributed by atoms with Crippen LogP contribution < -0.4 is 0 Å². The van der Waals surface area contributed by atoms with Crippen LogP contribution in [0.5, 0.6) is 0 Å². The zero-order valence-corrected chi connectivity index (χ0v) is 20.0. The molecular weight excluding hydrogens is 404 g/mol. The Kier molecular flexibility index (Phi) is 5.48. The van der Waals surface area contributed by atoms with E-state index in [9.17, 15) is 5.11 Å². The zero-order chi connectivity index (χ0) is 21.9. The molecular formula is C28H37ClO2. The minimum Gasteiger partial charge on any atom is -0.381 e. The van der Waals surface area contributed by atoms with Gasteiger partial charge in [-0.1, -0.05) is 37.3 Å². The van der Waals surface area contributed by atoms with Crippen molar-refractivity contribution in [1.82, 2.24) is 0 Å². The van der Waals surface area contributed by atoms with Gasteiger partial charge in [-0.2, -0.15) is 0 Å². The highest BCUT2D eigenvalue weighted by Crippen LogP contribution is 2.67. The van der Waals surface area contributed by atoms with Gasteiger partial charge in [-0.3, -0.25) is 0 Å². The van der Waals surface area contributed by atoms with Gasteiger partial charge in [0.2, 0.25) is 0 Å². The van der Waals surface area contributed by atoms with E-state index in [0.29, 0.717) is 22.9 Å². The van der Waals surface area contributed by atoms with Gasteiger partial charge in [0.15, 0.2) is 0 Å². The molecule has 4 saturated carbocycles. The number of halogens is 1. The second-order valence-electron chi connectivity index (χ2n) is 11.5. The monoisotopic (exact) mass is 440 g/mol. The van der Waals surface area contributed by atoms with Crippen molar-refractivity contribution in [1.29, 1.82) is 0 Å². The first-order valence-electron chi connectivity index (χ1n) is 12.3. The number of ether oxygens (including phenoxy) is 1. The summed E-state index contributed by atoms with van der Waals surface area (Å²) in [7, 11) is 1.91. The molecule has 168 valence electrons. The van der Waals surface area contributed by atoms with E-state index in [1.807, 2.05) is 31.4 Å². The quantitative estimate of drug-likeness (QED) is 0.506. The molecule has 3 heteroatoms. The standard InChI is InChI=1S/C28H37ClO2/c1-26-16-17-28(30,15-12-19-4-7-21(29)8-5-19)18-20(26)6-9-22-23-10-11-25(31-3)27(23,2)14-13-24(22)26/h4-5,7-8,20,22-25,30H,6,9-11,13-14,16-18H2,1-3H3/t20?,22?,23?,24?,25-,26-,27-,28+/m0/s1. The van der Waals surface area contributed by atoms with Gasteiger partial charge >= 0.3 is 0 Å². The van der Waals surface area contributed by atoms with Gasteiger partial charge in [-0.25, -0.2) is 0 Å². The predicted octanol–water partition coefficient (Wildman–Crippen LogP) is 6.48. The van der Waals surface area contributed by atoms with Crippen LogP contribution in [0.25, 0.3) is 0 Å². The van der Waals surface area contributed by atoms with Crippen LogP contribution in [0.4, 0.5) is 0 Å². The van der Waals surface area contributed by atoms with Gasteiger partial charge in [0.05, 0.1) is 6.10 Å². The molecule has 31 heavy (non-hydrogen) atoms. The zero-order valence-electron chi connectivity index (χ0n) is 19.3. The Labute approximate surface area is 193 Å². The third kappa shape index (κ3) is 3.56. The minimum atomic E-state index is -0.853. The summed E-state index contributed by atoms with van der Waals surface area (Å²) in [6.45, 7) is 5.06. The minimum absolute atomic E-state index is 0.351. The highest BCUT2D eigenvalue weighted by Gasteiger charge is 2.61. The highest BCUT2D eigenvalue weighted by molar-refractivity contribution is 6.30. The normalized spacial score (nSPS) is 46.3. The first-order chi connectivity index (χ1) is 14.8. The molecule has 0 amide bonds. The van der Waals surface area contributed by atoms with Crippen molar-refractivity contribution in [3.63, 3.8) is 0 Å². The number of hydrogen-bond acceptors (Lipinski definition) is 2. The maximum absolute atomic E-state index is 11.4. The van der Waals surface area contributed by atoms with E-state index in [4.69, 9.17) is 16.3 Å². The molecule has 0 spiro atoms. The smallest absolute Gasteiger partial charge is 0.126 e. The van der Waals surface area contributed by atoms with Gasteiger partial charge in [-0.15, -0.1) is 0 Å². The maximum Gasteiger partial charge on any atom is 0.126 e. The number of benzene rings is 1. The number of aliphatic hydroxyl groups is 1. The Morgan fingerprint density at radius 1 is 0.935 bits per heavy atom. The van der Waals surface area contributed by atoms with Crippen molar-refractivity contribution in [3.8, 4) is 11.8 Å². The summed E-state index contributed by atoms with van der Waals surface area (Å²) in [5.41, 5.74) is 0.798. The van der Waals surface area contributed by atoms with Crippen LogP contribution in [0.3, 0.4) is 0 Å². The second-order valence-corrected chi connectivity index (χ2v) is 11.9. The van der Waals surface area contributed by atoms with Crippen LogP contribution in [0, 0.1) is 46.3 Å². The molecule has 4 unspecified atom stereocenters. The van der Waals surface area contributed by atoms with Crippen molar-refractivity contribution in [2.75, 3.05) is 7.11 Å². The van der Waals surface area contributed by atoms with E-state index < -0.39 is 5.60 Å². The largest absolute Gasteiger partial charge is 0.381 e. The molecule has 2 nitrogen and oxygen atoms in total. The summed E-state index contributed by atoms with van der Waals surface area (Å²) < 4.78 is 5.94. The van der Waals surface area contributed by atoms with Gasteiger partial charge in [0.1, 0.15) is 5.60 Å². The molecule has 4 aliphatic carbocycles. The first kappa shape index (κ1) is 21.8. The number of rotatable bonds is 1. The molecule has 0 bridgehead atoms. The molecule has 4 fully saturated rings. The summed E-state index contributed by atoms with van der Waals surface area (Å²) in [5.74, 6) is 9.52. The van der Waals surface area contributed by atoms with Gasteiger partial charge < -0.3 is 9.84 Å². The topological polar surface area (TPSA) is 29.5 Å². The fraction of sp³-hybridized carbons (Fsp3) is 0.714. The van der Waals surface area contributed by atoms with Gasteiger partial charge in [0, 0.05) is 17.7 Å². The third-order valence-electron chi connectivity index (χ3n) is 10.2. The fourth-order valence-corrected chi connectivity index (χ4v) is 8.55. The molecule has 8 atom stereocenters. The number of fused-ring (bicyclic) bond motifs is 5. The molecule has 0 aliphatic heterocycles. The summed E-state index contributed by atoms with van der Waals surface area (Å²) in [4.78, 5) is 0. The SMILES string of the molecule is CO[C@H]1CCC2C3CCC4C[C@@](O)(C#Cc5ccc(Cl)cc5)CC[C@]4(C)C3CC[C@@]21C. The molecule has 0 heterocycles. The lowest BCUT2D eigenvalue weighted by molar-refractivity contribution is -0.146. The molecule has 5 rings (SSSR count). The lowest BCUT2D eigenvalue weighted by atomic mass is 9.44. The van der Waals surface area contributed by atoms with Crippen LogP contribution >= 0.6 is 11.6 Å². The Bertz CT molecular complexity index is 885. The fourth-order valence-electron chi connectivity index (χ4n) is 8.42. The third-order valence-corrected chi connectivity index (χ3v) is 10.5. The summed E-state index contributed by atoms with van der Waals surface area (Å²) in [5, 5.41) is 12.1. The molecule has 4 aliphatic rings. The van der Waals surface area contributed by atoms with Gasteiger partial charge in [-0.05, 0) is 117 Å². The molecule has 0 saturated heterocycles. The van der Waals surface area contributed by atoms with Crippen molar-refractivity contribution in [3.05, 3.63) is 34.9 Å². The van der Waals surface area contributed by atoms with E-state index in [2.05, 4.69) is 25.7 Å². The van der Waals surface area contributed by atoms with E-state index in [1.165, 1.54) is 38.5 Å². The van der Waals surface area contributed by atoms with Crippen molar-refractivity contribution < 1.29 is 9.84 Å². The van der Waals surface area contributed by atoms with Crippen LogP contribution in [0.2, 0.25) is 5.02 Å². The van der Waals surface area contributed by atoms with E-state index in [1.54, 1.807) is 0 Å². The van der Waals surface area contributed by atoms with Crippen LogP contribution in [0.15, 0.2) is 24.3 Å². The van der Waals surface area contributed by atoms with Crippen LogP contribution in [0.1, 0.15) is 77.2 Å².